The van der Waals surface area contributed by atoms with Crippen LogP contribution in [0.25, 0.3) is 11.2 Å². The molecule has 0 bridgehead atoms. The summed E-state index contributed by atoms with van der Waals surface area (Å²) in [5.74, 6) is 1.04. The lowest BCUT2D eigenvalue weighted by atomic mass is 10.1. The zero-order valence-electron chi connectivity index (χ0n) is 22.9. The fourth-order valence-electron chi connectivity index (χ4n) is 3.64. The molecule has 2 heterocycles. The number of carbonyl (C=O) groups excluding carboxylic acids is 3. The molecular formula is C27H33N9O4. The second-order valence-electron chi connectivity index (χ2n) is 9.98. The zero-order chi connectivity index (χ0) is 29.4. The van der Waals surface area contributed by atoms with Gasteiger partial charge in [-0.2, -0.15) is 9.97 Å². The first-order valence-electron chi connectivity index (χ1n) is 12.5. The SMILES string of the molecule is C#CCNC(=O)CC[C@H](NC(=O)c1ccc(N(C)Cc2cnc3nc(N)nc(N)c3n2)cc1)C(=O)OC(C)(C)C. The number of esters is 1. The van der Waals surface area contributed by atoms with Crippen LogP contribution in [0.15, 0.2) is 30.5 Å². The van der Waals surface area contributed by atoms with Gasteiger partial charge in [-0.25, -0.2) is 14.8 Å². The number of rotatable bonds is 10. The molecule has 40 heavy (non-hydrogen) atoms. The van der Waals surface area contributed by atoms with E-state index < -0.39 is 23.5 Å². The molecule has 0 fully saturated rings. The normalized spacial score (nSPS) is 11.8. The quantitative estimate of drug-likeness (QED) is 0.210. The number of terminal acetylenes is 1. The Hall–Kier alpha value is -4.99. The van der Waals surface area contributed by atoms with E-state index in [-0.39, 0.29) is 37.1 Å². The van der Waals surface area contributed by atoms with Gasteiger partial charge in [-0.1, -0.05) is 5.92 Å². The molecule has 0 saturated carbocycles. The Labute approximate surface area is 232 Å². The van der Waals surface area contributed by atoms with E-state index in [0.717, 1.165) is 5.69 Å². The molecule has 0 aliphatic carbocycles. The van der Waals surface area contributed by atoms with E-state index in [2.05, 4.69) is 36.5 Å². The Bertz CT molecular complexity index is 1430. The van der Waals surface area contributed by atoms with Crippen LogP contribution in [0.5, 0.6) is 0 Å². The topological polar surface area (TPSA) is 191 Å². The van der Waals surface area contributed by atoms with Crippen LogP contribution in [-0.2, 0) is 20.9 Å². The number of hydrogen-bond donors (Lipinski definition) is 4. The van der Waals surface area contributed by atoms with Crippen molar-refractivity contribution >= 4 is 46.4 Å². The predicted molar refractivity (Wildman–Crippen MR) is 151 cm³/mol. The molecule has 0 aliphatic heterocycles. The number of aromatic nitrogens is 4. The number of hydrogen-bond acceptors (Lipinski definition) is 11. The van der Waals surface area contributed by atoms with E-state index in [1.165, 1.54) is 0 Å². The van der Waals surface area contributed by atoms with E-state index in [4.69, 9.17) is 22.6 Å². The van der Waals surface area contributed by atoms with E-state index in [1.54, 1.807) is 51.2 Å². The van der Waals surface area contributed by atoms with Gasteiger partial charge in [-0.15, -0.1) is 6.42 Å². The summed E-state index contributed by atoms with van der Waals surface area (Å²) < 4.78 is 5.44. The number of carbonyl (C=O) groups is 3. The summed E-state index contributed by atoms with van der Waals surface area (Å²) in [5, 5.41) is 5.22. The highest BCUT2D eigenvalue weighted by Gasteiger charge is 2.27. The summed E-state index contributed by atoms with van der Waals surface area (Å²) >= 11 is 0. The molecule has 3 rings (SSSR count). The molecule has 0 aliphatic rings. The van der Waals surface area contributed by atoms with Crippen LogP contribution >= 0.6 is 0 Å². The third kappa shape index (κ3) is 8.26. The molecule has 2 amide bonds. The van der Waals surface area contributed by atoms with Crippen molar-refractivity contribution in [3.05, 3.63) is 41.7 Å². The third-order valence-electron chi connectivity index (χ3n) is 5.51. The van der Waals surface area contributed by atoms with Crippen LogP contribution < -0.4 is 27.0 Å². The Morgan fingerprint density at radius 3 is 2.48 bits per heavy atom. The molecule has 210 valence electrons. The number of ether oxygens (including phenoxy) is 1. The van der Waals surface area contributed by atoms with E-state index in [1.807, 2.05) is 11.9 Å². The number of fused-ring (bicyclic) bond motifs is 1. The van der Waals surface area contributed by atoms with Crippen molar-refractivity contribution in [1.29, 1.82) is 0 Å². The van der Waals surface area contributed by atoms with Crippen LogP contribution in [0.4, 0.5) is 17.5 Å². The predicted octanol–water partition coefficient (Wildman–Crippen LogP) is 1.19. The minimum absolute atomic E-state index is 0.0155. The van der Waals surface area contributed by atoms with Crippen LogP contribution in [0.2, 0.25) is 0 Å². The standard InChI is InChI=1S/C27H33N9O4/c1-6-13-30-20(37)12-11-19(25(39)40-27(2,3)4)33-24(38)16-7-9-18(10-8-16)36(5)15-17-14-31-23-21(32-17)22(28)34-26(29)35-23/h1,7-10,14,19H,11-13,15H2,2-5H3,(H,30,37)(H,33,38)(H4,28,29,31,34,35)/t19-/m0/s1. The molecule has 13 heteroatoms. The average Bonchev–Trinajstić information content (AvgIpc) is 2.89. The number of nitrogens with two attached hydrogens (primary N) is 2. The summed E-state index contributed by atoms with van der Waals surface area (Å²) in [6.07, 6.45) is 6.77. The highest BCUT2D eigenvalue weighted by Crippen LogP contribution is 2.19. The van der Waals surface area contributed by atoms with Crippen molar-refractivity contribution in [1.82, 2.24) is 30.6 Å². The van der Waals surface area contributed by atoms with Gasteiger partial charge in [0.05, 0.1) is 25.0 Å². The highest BCUT2D eigenvalue weighted by atomic mass is 16.6. The molecule has 0 spiro atoms. The smallest absolute Gasteiger partial charge is 0.329 e. The fraction of sp³-hybridized carbons (Fsp3) is 0.370. The number of nitrogen functional groups attached to an aromatic ring is 2. The van der Waals surface area contributed by atoms with Gasteiger partial charge in [0, 0.05) is 24.7 Å². The van der Waals surface area contributed by atoms with Gasteiger partial charge in [-0.3, -0.25) is 9.59 Å². The van der Waals surface area contributed by atoms with E-state index in [9.17, 15) is 14.4 Å². The second-order valence-corrected chi connectivity index (χ2v) is 9.98. The van der Waals surface area contributed by atoms with E-state index >= 15 is 0 Å². The lowest BCUT2D eigenvalue weighted by molar-refractivity contribution is -0.157. The lowest BCUT2D eigenvalue weighted by Crippen LogP contribution is -2.44. The Morgan fingerprint density at radius 1 is 1.12 bits per heavy atom. The minimum Gasteiger partial charge on any atom is -0.458 e. The number of nitrogens with one attached hydrogen (secondary N) is 2. The molecule has 0 unspecified atom stereocenters. The van der Waals surface area contributed by atoms with Crippen molar-refractivity contribution < 1.29 is 19.1 Å². The highest BCUT2D eigenvalue weighted by molar-refractivity contribution is 5.97. The molecule has 1 atom stereocenters. The number of nitrogens with zero attached hydrogens (tertiary/aromatic N) is 5. The molecule has 1 aromatic carbocycles. The van der Waals surface area contributed by atoms with Gasteiger partial charge in [-0.05, 0) is 51.5 Å². The summed E-state index contributed by atoms with van der Waals surface area (Å²) in [6, 6.07) is 5.76. The zero-order valence-corrected chi connectivity index (χ0v) is 22.9. The van der Waals surface area contributed by atoms with Crippen LogP contribution in [0.3, 0.4) is 0 Å². The largest absolute Gasteiger partial charge is 0.458 e. The Balaban J connectivity index is 1.68. The molecule has 0 saturated heterocycles. The van der Waals surface area contributed by atoms with Gasteiger partial charge in [0.2, 0.25) is 11.9 Å². The monoisotopic (exact) mass is 547 g/mol. The maximum atomic E-state index is 13.0. The average molecular weight is 548 g/mol. The van der Waals surface area contributed by atoms with Crippen molar-refractivity contribution in [2.45, 2.75) is 51.8 Å². The lowest BCUT2D eigenvalue weighted by Gasteiger charge is -2.24. The molecule has 6 N–H and O–H groups in total. The number of benzene rings is 1. The molecular weight excluding hydrogens is 514 g/mol. The number of anilines is 3. The van der Waals surface area contributed by atoms with Crippen molar-refractivity contribution in [3.63, 3.8) is 0 Å². The van der Waals surface area contributed by atoms with Gasteiger partial charge in [0.25, 0.3) is 5.91 Å². The summed E-state index contributed by atoms with van der Waals surface area (Å²) in [7, 11) is 1.85. The van der Waals surface area contributed by atoms with Crippen molar-refractivity contribution in [2.24, 2.45) is 0 Å². The van der Waals surface area contributed by atoms with Gasteiger partial charge >= 0.3 is 5.97 Å². The van der Waals surface area contributed by atoms with Gasteiger partial charge in [0.15, 0.2) is 17.0 Å². The fourth-order valence-corrected chi connectivity index (χ4v) is 3.64. The third-order valence-corrected chi connectivity index (χ3v) is 5.51. The van der Waals surface area contributed by atoms with Crippen molar-refractivity contribution in [2.75, 3.05) is 30.0 Å². The van der Waals surface area contributed by atoms with Crippen LogP contribution in [0.1, 0.15) is 49.7 Å². The first kappa shape index (κ1) is 29.6. The molecule has 13 nitrogen and oxygen atoms in total. The van der Waals surface area contributed by atoms with Gasteiger partial charge < -0.3 is 31.7 Å². The van der Waals surface area contributed by atoms with Gasteiger partial charge in [0.1, 0.15) is 11.6 Å². The molecule has 0 radical (unpaired) electrons. The number of amides is 2. The summed E-state index contributed by atoms with van der Waals surface area (Å²) in [4.78, 5) is 56.3. The maximum absolute atomic E-state index is 13.0. The van der Waals surface area contributed by atoms with Crippen LogP contribution in [0, 0.1) is 12.3 Å². The Kier molecular flexibility index (Phi) is 9.39. The maximum Gasteiger partial charge on any atom is 0.329 e. The summed E-state index contributed by atoms with van der Waals surface area (Å²) in [6.45, 7) is 5.64. The van der Waals surface area contributed by atoms with E-state index in [0.29, 0.717) is 29.0 Å². The van der Waals surface area contributed by atoms with Crippen molar-refractivity contribution in [3.8, 4) is 12.3 Å². The molecule has 2 aromatic heterocycles. The molecule has 3 aromatic rings. The van der Waals surface area contributed by atoms with Crippen LogP contribution in [-0.4, -0.2) is 63.0 Å². The first-order valence-corrected chi connectivity index (χ1v) is 12.5. The first-order chi connectivity index (χ1) is 18.9. The second kappa shape index (κ2) is 12.7. The Morgan fingerprint density at radius 2 is 1.82 bits per heavy atom. The minimum atomic E-state index is -1.02. The summed E-state index contributed by atoms with van der Waals surface area (Å²) in [5.41, 5.74) is 13.2.